The molecule has 0 aliphatic carbocycles. The highest BCUT2D eigenvalue weighted by Gasteiger charge is 2.09. The van der Waals surface area contributed by atoms with Crippen LogP contribution in [0.4, 0.5) is 5.69 Å². The van der Waals surface area contributed by atoms with Gasteiger partial charge in [-0.25, -0.2) is 0 Å². The topological polar surface area (TPSA) is 50.7 Å². The van der Waals surface area contributed by atoms with Gasteiger partial charge in [0, 0.05) is 12.6 Å². The van der Waals surface area contributed by atoms with E-state index >= 15 is 0 Å². The van der Waals surface area contributed by atoms with E-state index in [1.54, 1.807) is 33.3 Å². The van der Waals surface area contributed by atoms with E-state index in [1.165, 1.54) is 0 Å². The number of hydrogen-bond donors (Lipinski definition) is 2. The minimum Gasteiger partial charge on any atom is -0.495 e. The fourth-order valence-electron chi connectivity index (χ4n) is 1.26. The number of ether oxygens (including phenoxy) is 2. The molecule has 5 heteroatoms. The van der Waals surface area contributed by atoms with Gasteiger partial charge in [-0.3, -0.25) is 0 Å². The molecule has 4 nitrogen and oxygen atoms in total. The van der Waals surface area contributed by atoms with Crippen LogP contribution < -0.4 is 14.8 Å². The quantitative estimate of drug-likeness (QED) is 0.835. The van der Waals surface area contributed by atoms with Gasteiger partial charge in [0.15, 0.2) is 0 Å². The summed E-state index contributed by atoms with van der Waals surface area (Å²) in [6.45, 7) is 2.13. The zero-order chi connectivity index (χ0) is 12.1. The molecule has 0 saturated carbocycles. The lowest BCUT2D eigenvalue weighted by atomic mass is 10.2. The van der Waals surface area contributed by atoms with Crippen molar-refractivity contribution in [3.8, 4) is 11.5 Å². The molecule has 1 atom stereocenters. The van der Waals surface area contributed by atoms with Crippen LogP contribution in [0.2, 0.25) is 5.02 Å². The third-order valence-electron chi connectivity index (χ3n) is 2.06. The summed E-state index contributed by atoms with van der Waals surface area (Å²) < 4.78 is 10.3. The molecule has 0 spiro atoms. The number of halogens is 1. The summed E-state index contributed by atoms with van der Waals surface area (Å²) in [5, 5.41) is 12.7. The summed E-state index contributed by atoms with van der Waals surface area (Å²) in [5.41, 5.74) is 0.731. The second-order valence-corrected chi connectivity index (χ2v) is 3.82. The van der Waals surface area contributed by atoms with Crippen molar-refractivity contribution in [3.05, 3.63) is 17.2 Å². The Balaban J connectivity index is 2.94. The molecule has 0 aliphatic heterocycles. The van der Waals surface area contributed by atoms with Gasteiger partial charge in [0.2, 0.25) is 0 Å². The lowest BCUT2D eigenvalue weighted by Crippen LogP contribution is -2.15. The van der Waals surface area contributed by atoms with Crippen LogP contribution in [0.1, 0.15) is 6.92 Å². The molecule has 1 aromatic rings. The zero-order valence-corrected chi connectivity index (χ0v) is 10.3. The number of hydrogen-bond acceptors (Lipinski definition) is 4. The first-order valence-corrected chi connectivity index (χ1v) is 5.29. The standard InChI is InChI=1S/C11H16ClNO3/c1-7(14)6-13-9-4-8(12)10(15-2)5-11(9)16-3/h4-5,7,13-14H,6H2,1-3H3/t7-/m0/s1. The van der Waals surface area contributed by atoms with Crippen LogP contribution >= 0.6 is 11.6 Å². The first-order valence-electron chi connectivity index (χ1n) is 4.92. The average molecular weight is 246 g/mol. The summed E-state index contributed by atoms with van der Waals surface area (Å²) >= 11 is 5.99. The largest absolute Gasteiger partial charge is 0.495 e. The maximum atomic E-state index is 9.19. The Morgan fingerprint density at radius 2 is 1.94 bits per heavy atom. The lowest BCUT2D eigenvalue weighted by molar-refractivity contribution is 0.208. The van der Waals surface area contributed by atoms with Crippen LogP contribution in [0.25, 0.3) is 0 Å². The summed E-state index contributed by atoms with van der Waals surface area (Å²) in [4.78, 5) is 0. The van der Waals surface area contributed by atoms with Gasteiger partial charge in [0.05, 0.1) is 31.0 Å². The number of benzene rings is 1. The fraction of sp³-hybridized carbons (Fsp3) is 0.455. The Morgan fingerprint density at radius 1 is 1.31 bits per heavy atom. The Morgan fingerprint density at radius 3 is 2.44 bits per heavy atom. The van der Waals surface area contributed by atoms with Gasteiger partial charge in [0.25, 0.3) is 0 Å². The van der Waals surface area contributed by atoms with Crippen molar-refractivity contribution in [2.75, 3.05) is 26.1 Å². The van der Waals surface area contributed by atoms with Crippen molar-refractivity contribution in [2.45, 2.75) is 13.0 Å². The maximum absolute atomic E-state index is 9.19. The number of nitrogens with one attached hydrogen (secondary N) is 1. The highest BCUT2D eigenvalue weighted by molar-refractivity contribution is 6.32. The summed E-state index contributed by atoms with van der Waals surface area (Å²) in [6, 6.07) is 3.41. The van der Waals surface area contributed by atoms with E-state index < -0.39 is 6.10 Å². The predicted molar refractivity (Wildman–Crippen MR) is 64.7 cm³/mol. The molecule has 1 rings (SSSR count). The van der Waals surface area contributed by atoms with Gasteiger partial charge < -0.3 is 19.9 Å². The first-order chi connectivity index (χ1) is 7.58. The van der Waals surface area contributed by atoms with E-state index in [9.17, 15) is 5.11 Å². The molecule has 0 saturated heterocycles. The van der Waals surface area contributed by atoms with E-state index in [1.807, 2.05) is 0 Å². The van der Waals surface area contributed by atoms with Crippen molar-refractivity contribution in [1.29, 1.82) is 0 Å². The average Bonchev–Trinajstić information content (AvgIpc) is 2.26. The molecule has 0 aliphatic rings. The molecule has 0 unspecified atom stereocenters. The van der Waals surface area contributed by atoms with Crippen molar-refractivity contribution in [3.63, 3.8) is 0 Å². The highest BCUT2D eigenvalue weighted by atomic mass is 35.5. The molecular weight excluding hydrogens is 230 g/mol. The minimum atomic E-state index is -0.439. The number of anilines is 1. The smallest absolute Gasteiger partial charge is 0.145 e. The van der Waals surface area contributed by atoms with Gasteiger partial charge in [0.1, 0.15) is 11.5 Å². The number of methoxy groups -OCH3 is 2. The Labute approximate surface area is 100 Å². The van der Waals surface area contributed by atoms with Gasteiger partial charge in [-0.2, -0.15) is 0 Å². The van der Waals surface area contributed by atoms with E-state index in [4.69, 9.17) is 21.1 Å². The molecule has 0 aromatic heterocycles. The predicted octanol–water partition coefficient (Wildman–Crippen LogP) is 2.15. The third kappa shape index (κ3) is 3.18. The fourth-order valence-corrected chi connectivity index (χ4v) is 1.50. The van der Waals surface area contributed by atoms with Crippen molar-refractivity contribution >= 4 is 17.3 Å². The molecule has 16 heavy (non-hydrogen) atoms. The summed E-state index contributed by atoms with van der Waals surface area (Å²) in [7, 11) is 3.11. The molecule has 2 N–H and O–H groups in total. The molecule has 0 fully saturated rings. The molecule has 0 heterocycles. The van der Waals surface area contributed by atoms with Crippen molar-refractivity contribution in [1.82, 2.24) is 0 Å². The van der Waals surface area contributed by atoms with Gasteiger partial charge in [-0.05, 0) is 13.0 Å². The van der Waals surface area contributed by atoms with Crippen LogP contribution in [0, 0.1) is 0 Å². The number of rotatable bonds is 5. The van der Waals surface area contributed by atoms with Crippen molar-refractivity contribution in [2.24, 2.45) is 0 Å². The van der Waals surface area contributed by atoms with Gasteiger partial charge in [-0.1, -0.05) is 11.6 Å². The van der Waals surface area contributed by atoms with Crippen LogP contribution in [0.15, 0.2) is 12.1 Å². The lowest BCUT2D eigenvalue weighted by Gasteiger charge is -2.14. The van der Waals surface area contributed by atoms with E-state index in [0.29, 0.717) is 23.1 Å². The Kier molecular flexibility index (Phi) is 4.71. The normalized spacial score (nSPS) is 12.1. The molecule has 0 bridgehead atoms. The van der Waals surface area contributed by atoms with E-state index in [2.05, 4.69) is 5.32 Å². The third-order valence-corrected chi connectivity index (χ3v) is 2.36. The highest BCUT2D eigenvalue weighted by Crippen LogP contribution is 2.35. The van der Waals surface area contributed by atoms with E-state index in [-0.39, 0.29) is 0 Å². The SMILES string of the molecule is COc1cc(OC)c(NC[C@H](C)O)cc1Cl. The van der Waals surface area contributed by atoms with Crippen molar-refractivity contribution < 1.29 is 14.6 Å². The number of aliphatic hydroxyl groups excluding tert-OH is 1. The molecule has 1 aromatic carbocycles. The summed E-state index contributed by atoms with van der Waals surface area (Å²) in [5.74, 6) is 1.18. The molecule has 90 valence electrons. The first kappa shape index (κ1) is 12.9. The van der Waals surface area contributed by atoms with Crippen LogP contribution in [0.5, 0.6) is 11.5 Å². The Bertz CT molecular complexity index is 355. The second-order valence-electron chi connectivity index (χ2n) is 3.42. The molecular formula is C11H16ClNO3. The summed E-state index contributed by atoms with van der Waals surface area (Å²) in [6.07, 6.45) is -0.439. The zero-order valence-electron chi connectivity index (χ0n) is 9.58. The molecule has 0 radical (unpaired) electrons. The maximum Gasteiger partial charge on any atom is 0.145 e. The van der Waals surface area contributed by atoms with Crippen LogP contribution in [0.3, 0.4) is 0 Å². The minimum absolute atomic E-state index is 0.430. The molecule has 0 amide bonds. The number of aliphatic hydroxyl groups is 1. The Hall–Kier alpha value is -1.13. The monoisotopic (exact) mass is 245 g/mol. The van der Waals surface area contributed by atoms with Gasteiger partial charge in [-0.15, -0.1) is 0 Å². The second kappa shape index (κ2) is 5.82. The van der Waals surface area contributed by atoms with E-state index in [0.717, 1.165) is 5.69 Å². The van der Waals surface area contributed by atoms with Gasteiger partial charge >= 0.3 is 0 Å². The van der Waals surface area contributed by atoms with Crippen LogP contribution in [-0.4, -0.2) is 32.0 Å². The van der Waals surface area contributed by atoms with Crippen LogP contribution in [-0.2, 0) is 0 Å².